The molecule has 3 N–H and O–H groups in total. The van der Waals surface area contributed by atoms with E-state index < -0.39 is 21.2 Å². The Morgan fingerprint density at radius 2 is 1.47 bits per heavy atom. The Hall–Kier alpha value is -4.45. The number of nitrogens with zero attached hydrogens (tertiary/aromatic N) is 5. The monoisotopic (exact) mass is 740 g/mol. The summed E-state index contributed by atoms with van der Waals surface area (Å²) in [4.78, 5) is 21.1. The van der Waals surface area contributed by atoms with Gasteiger partial charge in [-0.1, -0.05) is 72.1 Å². The molecule has 2 fully saturated rings. The van der Waals surface area contributed by atoms with Crippen molar-refractivity contribution in [2.45, 2.75) is 103 Å². The number of sulfonamides is 1. The van der Waals surface area contributed by atoms with E-state index in [1.165, 1.54) is 68.8 Å². The number of aliphatic hydroxyl groups is 1. The number of hydrogen-bond donors (Lipinski definition) is 3. The molecule has 0 radical (unpaired) electrons. The van der Waals surface area contributed by atoms with E-state index in [0.29, 0.717) is 39.2 Å². The molecule has 282 valence electrons. The number of anilines is 2. The molecule has 53 heavy (non-hydrogen) atoms. The molecule has 2 aromatic heterocycles. The number of rotatable bonds is 13. The van der Waals surface area contributed by atoms with Crippen molar-refractivity contribution in [3.63, 3.8) is 0 Å². The largest absolute Gasteiger partial charge is 0.507 e. The standard InChI is InChI=1S/C41H52N6O5S/c1-41(2,3)38-35(40-42-39(44-47(40)43-38)28-17-19-29(20-18-28)45-53(4,51)52)34-36(49)33(37(34)50)31-22-21-30(25-32(31)48)46(23-9-15-26-11-5-6-12-26)24-10-16-27-13-7-8-14-27/h17-22,25-27,45,48-49H,5-16,23-24H2,1-4H3. The third-order valence-electron chi connectivity index (χ3n) is 11.2. The molecule has 2 heterocycles. The number of hydrogen-bond acceptors (Lipinski definition) is 9. The number of aliphatic hydroxyl groups excluding tert-OH is 1. The number of aromatic nitrogens is 4. The highest BCUT2D eigenvalue weighted by Gasteiger charge is 2.40. The lowest BCUT2D eigenvalue weighted by Crippen LogP contribution is -2.32. The van der Waals surface area contributed by atoms with Gasteiger partial charge in [-0.25, -0.2) is 13.4 Å². The molecule has 0 amide bonds. The van der Waals surface area contributed by atoms with E-state index in [4.69, 9.17) is 10.1 Å². The number of phenols is 1. The van der Waals surface area contributed by atoms with Crippen LogP contribution in [-0.2, 0) is 20.2 Å². The number of carbonyl (C=O) groups is 1. The molecule has 0 atom stereocenters. The second-order valence-electron chi connectivity index (χ2n) is 16.4. The minimum absolute atomic E-state index is 0.0339. The highest BCUT2D eigenvalue weighted by Crippen LogP contribution is 2.42. The van der Waals surface area contributed by atoms with Crippen molar-refractivity contribution in [2.24, 2.45) is 11.8 Å². The summed E-state index contributed by atoms with van der Waals surface area (Å²) in [5.41, 5.74) is 2.82. The SMILES string of the molecule is CC(C)(C)c1nn2nc(-c3ccc(NS(C)(=O)=O)cc3)nc2c1=C1C(=O)C(c2ccc(N(CCCC3CCCC3)CCCC3CCCC3)cc2O)=C1O. The van der Waals surface area contributed by atoms with E-state index in [1.807, 2.05) is 26.8 Å². The van der Waals surface area contributed by atoms with E-state index in [9.17, 15) is 23.4 Å². The van der Waals surface area contributed by atoms with Crippen LogP contribution in [0.2, 0.25) is 0 Å². The molecule has 3 aliphatic carbocycles. The zero-order valence-electron chi connectivity index (χ0n) is 31.4. The van der Waals surface area contributed by atoms with E-state index in [-0.39, 0.29) is 22.7 Å². The summed E-state index contributed by atoms with van der Waals surface area (Å²) in [5.74, 6) is 1.36. The van der Waals surface area contributed by atoms with Gasteiger partial charge in [-0.3, -0.25) is 9.52 Å². The minimum Gasteiger partial charge on any atom is -0.507 e. The predicted molar refractivity (Wildman–Crippen MR) is 209 cm³/mol. The molecule has 2 aromatic carbocycles. The molecule has 12 heteroatoms. The molecule has 0 unspecified atom stereocenters. The van der Waals surface area contributed by atoms with Crippen LogP contribution in [0.3, 0.4) is 0 Å². The zero-order valence-corrected chi connectivity index (χ0v) is 32.2. The van der Waals surface area contributed by atoms with E-state index >= 15 is 0 Å². The van der Waals surface area contributed by atoms with Gasteiger partial charge in [0, 0.05) is 47.1 Å². The fourth-order valence-corrected chi connectivity index (χ4v) is 9.05. The third-order valence-corrected chi connectivity index (χ3v) is 11.8. The Bertz CT molecular complexity index is 2170. The van der Waals surface area contributed by atoms with Crippen molar-refractivity contribution in [1.29, 1.82) is 0 Å². The molecular formula is C41H52N6O5S. The average Bonchev–Trinajstić information content (AvgIpc) is 3.92. The number of carbonyl (C=O) groups excluding carboxylic acids is 1. The lowest BCUT2D eigenvalue weighted by molar-refractivity contribution is -0.109. The molecule has 11 nitrogen and oxygen atoms in total. The normalized spacial score (nSPS) is 18.4. The molecular weight excluding hydrogens is 689 g/mol. The van der Waals surface area contributed by atoms with E-state index in [0.717, 1.165) is 49.7 Å². The molecule has 0 saturated heterocycles. The fourth-order valence-electron chi connectivity index (χ4n) is 8.48. The first-order chi connectivity index (χ1) is 25.3. The molecule has 4 aromatic rings. The summed E-state index contributed by atoms with van der Waals surface area (Å²) in [7, 11) is -3.43. The predicted octanol–water partition coefficient (Wildman–Crippen LogP) is 7.33. The van der Waals surface area contributed by atoms with Crippen molar-refractivity contribution in [2.75, 3.05) is 29.0 Å². The van der Waals surface area contributed by atoms with Crippen molar-refractivity contribution < 1.29 is 23.4 Å². The zero-order chi connectivity index (χ0) is 37.5. The van der Waals surface area contributed by atoms with Crippen LogP contribution in [0.5, 0.6) is 5.75 Å². The van der Waals surface area contributed by atoms with Gasteiger partial charge in [0.1, 0.15) is 11.5 Å². The van der Waals surface area contributed by atoms with Gasteiger partial charge in [-0.2, -0.15) is 5.10 Å². The van der Waals surface area contributed by atoms with Gasteiger partial charge >= 0.3 is 0 Å². The van der Waals surface area contributed by atoms with Crippen LogP contribution in [0, 0.1) is 11.8 Å². The summed E-state index contributed by atoms with van der Waals surface area (Å²) in [6.07, 6.45) is 16.5. The number of fused-ring (bicyclic) bond motifs is 1. The van der Waals surface area contributed by atoms with Gasteiger partial charge in [0.2, 0.25) is 15.8 Å². The maximum atomic E-state index is 14.0. The highest BCUT2D eigenvalue weighted by molar-refractivity contribution is 7.92. The van der Waals surface area contributed by atoms with Gasteiger partial charge in [-0.15, -0.1) is 9.73 Å². The number of nitrogens with one attached hydrogen (secondary N) is 1. The number of allylic oxidation sites excluding steroid dienone is 2. The van der Waals surface area contributed by atoms with Crippen LogP contribution in [0.15, 0.2) is 48.2 Å². The minimum atomic E-state index is -3.43. The number of ketones is 1. The Balaban J connectivity index is 1.18. The quantitative estimate of drug-likeness (QED) is 0.128. The number of phenolic OH excluding ortho intramolecular Hbond substituents is 1. The molecule has 0 bridgehead atoms. The average molecular weight is 741 g/mol. The van der Waals surface area contributed by atoms with Gasteiger partial charge in [0.05, 0.1) is 28.3 Å². The van der Waals surface area contributed by atoms with E-state index in [1.54, 1.807) is 36.4 Å². The Morgan fingerprint density at radius 3 is 2.00 bits per heavy atom. The Labute approximate surface area is 312 Å². The first-order valence-electron chi connectivity index (χ1n) is 19.2. The van der Waals surface area contributed by atoms with E-state index in [2.05, 4.69) is 14.7 Å². The van der Waals surface area contributed by atoms with Gasteiger partial charge in [0.15, 0.2) is 11.5 Å². The number of Topliss-reactive ketones (excluding diaryl/α,β-unsaturated/α-hetero) is 1. The van der Waals surface area contributed by atoms with Gasteiger partial charge < -0.3 is 15.1 Å². The van der Waals surface area contributed by atoms with Crippen LogP contribution in [0.1, 0.15) is 109 Å². The van der Waals surface area contributed by atoms with Crippen molar-refractivity contribution in [3.8, 4) is 17.1 Å². The third kappa shape index (κ3) is 7.93. The van der Waals surface area contributed by atoms with Crippen molar-refractivity contribution in [1.82, 2.24) is 19.8 Å². The van der Waals surface area contributed by atoms with Crippen LogP contribution >= 0.6 is 0 Å². The topological polar surface area (TPSA) is 150 Å². The molecule has 3 aliphatic rings. The molecule has 7 rings (SSSR count). The van der Waals surface area contributed by atoms with Crippen molar-refractivity contribution >= 4 is 44.0 Å². The first kappa shape index (κ1) is 36.9. The van der Waals surface area contributed by atoms with Crippen LogP contribution in [0.25, 0.3) is 28.2 Å². The first-order valence-corrected chi connectivity index (χ1v) is 21.1. The van der Waals surface area contributed by atoms with Crippen LogP contribution in [0.4, 0.5) is 11.4 Å². The Kier molecular flexibility index (Phi) is 10.3. The molecule has 2 saturated carbocycles. The van der Waals surface area contributed by atoms with Crippen LogP contribution < -0.4 is 14.8 Å². The smallest absolute Gasteiger partial charge is 0.229 e. The Morgan fingerprint density at radius 1 is 0.868 bits per heavy atom. The van der Waals surface area contributed by atoms with Gasteiger partial charge in [-0.05, 0) is 73.9 Å². The summed E-state index contributed by atoms with van der Waals surface area (Å²) in [5, 5.41) is 32.6. The highest BCUT2D eigenvalue weighted by atomic mass is 32.2. The summed E-state index contributed by atoms with van der Waals surface area (Å²) in [6, 6.07) is 12.1. The second kappa shape index (κ2) is 14.8. The fraction of sp³-hybridized carbons (Fsp3) is 0.512. The summed E-state index contributed by atoms with van der Waals surface area (Å²) < 4.78 is 27.1. The number of aromatic hydroxyl groups is 1. The maximum absolute atomic E-state index is 14.0. The summed E-state index contributed by atoms with van der Waals surface area (Å²) in [6.45, 7) is 7.77. The molecule has 0 aliphatic heterocycles. The van der Waals surface area contributed by atoms with Crippen molar-refractivity contribution in [3.05, 3.63) is 64.7 Å². The summed E-state index contributed by atoms with van der Waals surface area (Å²) >= 11 is 0. The molecule has 0 spiro atoms. The maximum Gasteiger partial charge on any atom is 0.229 e. The number of benzene rings is 2. The van der Waals surface area contributed by atoms with Gasteiger partial charge in [0.25, 0.3) is 0 Å². The lowest BCUT2D eigenvalue weighted by Gasteiger charge is -2.28. The van der Waals surface area contributed by atoms with Crippen LogP contribution in [-0.4, -0.2) is 63.6 Å². The lowest BCUT2D eigenvalue weighted by atomic mass is 9.80. The second-order valence-corrected chi connectivity index (χ2v) is 18.1.